The molecule has 1 aromatic carbocycles. The molecule has 0 radical (unpaired) electrons. The zero-order valence-electron chi connectivity index (χ0n) is 12.9. The monoisotopic (exact) mass is 270 g/mol. The van der Waals surface area contributed by atoms with E-state index in [9.17, 15) is 0 Å². The smallest absolute Gasteiger partial charge is 0.0485 e. The Kier molecular flexibility index (Phi) is 3.84. The van der Waals surface area contributed by atoms with Crippen LogP contribution in [0.25, 0.3) is 10.9 Å². The van der Waals surface area contributed by atoms with Crippen molar-refractivity contribution in [3.63, 3.8) is 0 Å². The van der Waals surface area contributed by atoms with Crippen LogP contribution in [0.3, 0.4) is 0 Å². The summed E-state index contributed by atoms with van der Waals surface area (Å²) in [5.41, 5.74) is 4.13. The van der Waals surface area contributed by atoms with E-state index in [-0.39, 0.29) is 0 Å². The standard InChI is InChI=1S/C18H26N2/c1-13(2)20-17(12-19-16-6-4-5-7-16)11-15-10-14(3)8-9-18(15)20/h8-11,13,16,19H,4-7,12H2,1-3H3. The Labute approximate surface area is 122 Å². The number of benzene rings is 1. The molecule has 0 unspecified atom stereocenters. The summed E-state index contributed by atoms with van der Waals surface area (Å²) in [6.45, 7) is 7.72. The maximum atomic E-state index is 3.75. The van der Waals surface area contributed by atoms with Crippen molar-refractivity contribution in [2.75, 3.05) is 0 Å². The van der Waals surface area contributed by atoms with Gasteiger partial charge in [0.1, 0.15) is 0 Å². The predicted octanol–water partition coefficient (Wildman–Crippen LogP) is 4.56. The quantitative estimate of drug-likeness (QED) is 0.861. The Morgan fingerprint density at radius 1 is 1.20 bits per heavy atom. The maximum absolute atomic E-state index is 3.75. The second-order valence-corrected chi connectivity index (χ2v) is 6.52. The third-order valence-electron chi connectivity index (χ3n) is 4.52. The molecule has 0 spiro atoms. The number of nitrogens with one attached hydrogen (secondary N) is 1. The van der Waals surface area contributed by atoms with Crippen LogP contribution in [0.4, 0.5) is 0 Å². The third-order valence-corrected chi connectivity index (χ3v) is 4.52. The van der Waals surface area contributed by atoms with E-state index in [1.54, 1.807) is 0 Å². The zero-order chi connectivity index (χ0) is 14.1. The Bertz CT molecular complexity index is 589. The van der Waals surface area contributed by atoms with Crippen molar-refractivity contribution in [2.45, 2.75) is 65.1 Å². The molecule has 2 heteroatoms. The van der Waals surface area contributed by atoms with Gasteiger partial charge in [-0.1, -0.05) is 24.5 Å². The van der Waals surface area contributed by atoms with E-state index in [4.69, 9.17) is 0 Å². The van der Waals surface area contributed by atoms with E-state index in [2.05, 4.69) is 54.9 Å². The van der Waals surface area contributed by atoms with Crippen LogP contribution in [0.5, 0.6) is 0 Å². The van der Waals surface area contributed by atoms with Crippen LogP contribution >= 0.6 is 0 Å². The molecule has 108 valence electrons. The molecule has 0 bridgehead atoms. The van der Waals surface area contributed by atoms with Gasteiger partial charge in [0, 0.05) is 35.2 Å². The summed E-state index contributed by atoms with van der Waals surface area (Å²) in [7, 11) is 0. The molecule has 0 amide bonds. The predicted molar refractivity (Wildman–Crippen MR) is 86.2 cm³/mol. The highest BCUT2D eigenvalue weighted by atomic mass is 15.0. The second kappa shape index (κ2) is 5.61. The van der Waals surface area contributed by atoms with Crippen LogP contribution < -0.4 is 5.32 Å². The average molecular weight is 270 g/mol. The molecule has 1 aromatic heterocycles. The molecule has 2 nitrogen and oxygen atoms in total. The van der Waals surface area contributed by atoms with Crippen molar-refractivity contribution in [1.82, 2.24) is 9.88 Å². The first kappa shape index (κ1) is 13.7. The highest BCUT2D eigenvalue weighted by molar-refractivity contribution is 5.82. The van der Waals surface area contributed by atoms with Gasteiger partial charge in [-0.05, 0) is 51.8 Å². The van der Waals surface area contributed by atoms with Crippen molar-refractivity contribution in [2.24, 2.45) is 0 Å². The van der Waals surface area contributed by atoms with Crippen molar-refractivity contribution >= 4 is 10.9 Å². The molecule has 1 N–H and O–H groups in total. The molecular formula is C18H26N2. The van der Waals surface area contributed by atoms with Crippen molar-refractivity contribution in [3.05, 3.63) is 35.5 Å². The van der Waals surface area contributed by atoms with Gasteiger partial charge in [0.05, 0.1) is 0 Å². The minimum Gasteiger partial charge on any atom is -0.341 e. The normalized spacial score (nSPS) is 16.6. The fourth-order valence-electron chi connectivity index (χ4n) is 3.54. The van der Waals surface area contributed by atoms with Gasteiger partial charge >= 0.3 is 0 Å². The molecule has 0 atom stereocenters. The van der Waals surface area contributed by atoms with E-state index < -0.39 is 0 Å². The molecule has 0 aliphatic heterocycles. The lowest BCUT2D eigenvalue weighted by Gasteiger charge is -2.17. The first-order valence-corrected chi connectivity index (χ1v) is 7.99. The van der Waals surface area contributed by atoms with Gasteiger partial charge < -0.3 is 9.88 Å². The molecule has 1 aliphatic rings. The van der Waals surface area contributed by atoms with Crippen LogP contribution in [0.1, 0.15) is 56.8 Å². The van der Waals surface area contributed by atoms with Gasteiger partial charge in [0.15, 0.2) is 0 Å². The summed E-state index contributed by atoms with van der Waals surface area (Å²) >= 11 is 0. The van der Waals surface area contributed by atoms with Crippen LogP contribution in [-0.4, -0.2) is 10.6 Å². The fourth-order valence-corrected chi connectivity index (χ4v) is 3.54. The lowest BCUT2D eigenvalue weighted by atomic mass is 10.2. The largest absolute Gasteiger partial charge is 0.341 e. The Morgan fingerprint density at radius 3 is 2.65 bits per heavy atom. The van der Waals surface area contributed by atoms with Gasteiger partial charge in [-0.15, -0.1) is 0 Å². The average Bonchev–Trinajstić information content (AvgIpc) is 3.02. The molecule has 2 aromatic rings. The highest BCUT2D eigenvalue weighted by Gasteiger charge is 2.16. The fraction of sp³-hybridized carbons (Fsp3) is 0.556. The first-order chi connectivity index (χ1) is 9.65. The van der Waals surface area contributed by atoms with Gasteiger partial charge in [-0.25, -0.2) is 0 Å². The van der Waals surface area contributed by atoms with Gasteiger partial charge in [-0.2, -0.15) is 0 Å². The molecular weight excluding hydrogens is 244 g/mol. The van der Waals surface area contributed by atoms with E-state index in [1.807, 2.05) is 0 Å². The summed E-state index contributed by atoms with van der Waals surface area (Å²) in [5, 5.41) is 5.12. The molecule has 1 saturated carbocycles. The summed E-state index contributed by atoms with van der Waals surface area (Å²) < 4.78 is 2.48. The topological polar surface area (TPSA) is 17.0 Å². The summed E-state index contributed by atoms with van der Waals surface area (Å²) in [6.07, 6.45) is 5.48. The first-order valence-electron chi connectivity index (χ1n) is 7.99. The molecule has 1 fully saturated rings. The SMILES string of the molecule is Cc1ccc2c(c1)cc(CNC1CCCC1)n2C(C)C. The van der Waals surface area contributed by atoms with E-state index >= 15 is 0 Å². The number of aryl methyl sites for hydroxylation is 1. The van der Waals surface area contributed by atoms with Gasteiger partial charge in [-0.3, -0.25) is 0 Å². The molecule has 0 saturated heterocycles. The summed E-state index contributed by atoms with van der Waals surface area (Å²) in [5.74, 6) is 0. The minimum absolute atomic E-state index is 0.510. The minimum atomic E-state index is 0.510. The number of hydrogen-bond donors (Lipinski definition) is 1. The molecule has 1 aliphatic carbocycles. The van der Waals surface area contributed by atoms with Gasteiger partial charge in [0.2, 0.25) is 0 Å². The number of nitrogens with zero attached hydrogens (tertiary/aromatic N) is 1. The number of aromatic nitrogens is 1. The number of fused-ring (bicyclic) bond motifs is 1. The van der Waals surface area contributed by atoms with Crippen LogP contribution in [0, 0.1) is 6.92 Å². The van der Waals surface area contributed by atoms with Crippen molar-refractivity contribution in [3.8, 4) is 0 Å². The Morgan fingerprint density at radius 2 is 1.95 bits per heavy atom. The molecule has 1 heterocycles. The van der Waals surface area contributed by atoms with Gasteiger partial charge in [0.25, 0.3) is 0 Å². The highest BCUT2D eigenvalue weighted by Crippen LogP contribution is 2.26. The molecule has 3 rings (SSSR count). The van der Waals surface area contributed by atoms with Crippen LogP contribution in [-0.2, 0) is 6.54 Å². The molecule has 20 heavy (non-hydrogen) atoms. The third kappa shape index (κ3) is 2.62. The van der Waals surface area contributed by atoms with Crippen molar-refractivity contribution < 1.29 is 0 Å². The number of rotatable bonds is 4. The maximum Gasteiger partial charge on any atom is 0.0485 e. The summed E-state index contributed by atoms with van der Waals surface area (Å²) in [6, 6.07) is 10.4. The lowest BCUT2D eigenvalue weighted by molar-refractivity contribution is 0.497. The van der Waals surface area contributed by atoms with Crippen LogP contribution in [0.15, 0.2) is 24.3 Å². The summed E-state index contributed by atoms with van der Waals surface area (Å²) in [4.78, 5) is 0. The van der Waals surface area contributed by atoms with E-state index in [0.717, 1.165) is 12.6 Å². The number of hydrogen-bond acceptors (Lipinski definition) is 1. The van der Waals surface area contributed by atoms with Crippen LogP contribution in [0.2, 0.25) is 0 Å². The Balaban J connectivity index is 1.89. The Hall–Kier alpha value is -1.28. The van der Waals surface area contributed by atoms with E-state index in [0.29, 0.717) is 6.04 Å². The lowest BCUT2D eigenvalue weighted by Crippen LogP contribution is -2.26. The zero-order valence-corrected chi connectivity index (χ0v) is 12.9. The van der Waals surface area contributed by atoms with E-state index in [1.165, 1.54) is 47.8 Å². The van der Waals surface area contributed by atoms with Crippen molar-refractivity contribution in [1.29, 1.82) is 0 Å². The second-order valence-electron chi connectivity index (χ2n) is 6.52.